The van der Waals surface area contributed by atoms with Crippen molar-refractivity contribution < 1.29 is 14.5 Å². The zero-order chi connectivity index (χ0) is 18.0. The maximum absolute atomic E-state index is 12.4. The Morgan fingerprint density at radius 2 is 2.04 bits per heavy atom. The van der Waals surface area contributed by atoms with Crippen LogP contribution in [0, 0.1) is 16.0 Å². The van der Waals surface area contributed by atoms with Crippen molar-refractivity contribution in [3.63, 3.8) is 0 Å². The van der Waals surface area contributed by atoms with Crippen molar-refractivity contribution in [3.05, 3.63) is 45.5 Å². The van der Waals surface area contributed by atoms with Crippen molar-refractivity contribution in [1.82, 2.24) is 4.98 Å². The highest BCUT2D eigenvalue weighted by Crippen LogP contribution is 2.30. The van der Waals surface area contributed by atoms with Crippen LogP contribution in [-0.2, 0) is 16.0 Å². The number of anilines is 2. The Kier molecular flexibility index (Phi) is 4.75. The Bertz CT molecular complexity index is 814. The maximum Gasteiger partial charge on any atom is 0.269 e. The van der Waals surface area contributed by atoms with Gasteiger partial charge >= 0.3 is 0 Å². The quantitative estimate of drug-likeness (QED) is 0.630. The molecular weight excluding hydrogens is 344 g/mol. The number of likely N-dealkylation sites (N-methyl/N-ethyl adjacent to an activating group) is 1. The van der Waals surface area contributed by atoms with E-state index in [1.54, 1.807) is 12.4 Å². The summed E-state index contributed by atoms with van der Waals surface area (Å²) in [6, 6.07) is 5.76. The van der Waals surface area contributed by atoms with Gasteiger partial charge in [-0.25, -0.2) is 4.98 Å². The lowest BCUT2D eigenvalue weighted by atomic mass is 10.2. The molecular formula is C16H16N4O4S. The molecule has 0 spiro atoms. The van der Waals surface area contributed by atoms with Gasteiger partial charge in [0, 0.05) is 36.2 Å². The van der Waals surface area contributed by atoms with Gasteiger partial charge in [-0.05, 0) is 25.0 Å². The molecule has 1 saturated carbocycles. The molecule has 1 heterocycles. The molecule has 2 amide bonds. The number of carbonyl (C=O) groups excluding carboxylic acids is 2. The Morgan fingerprint density at radius 1 is 1.36 bits per heavy atom. The van der Waals surface area contributed by atoms with E-state index in [1.807, 2.05) is 0 Å². The van der Waals surface area contributed by atoms with Crippen LogP contribution in [0.4, 0.5) is 16.5 Å². The van der Waals surface area contributed by atoms with Gasteiger partial charge in [0.25, 0.3) is 5.69 Å². The van der Waals surface area contributed by atoms with E-state index >= 15 is 0 Å². The second kappa shape index (κ2) is 6.98. The third kappa shape index (κ3) is 4.18. The summed E-state index contributed by atoms with van der Waals surface area (Å²) in [6.07, 6.45) is 1.93. The Morgan fingerprint density at radius 3 is 2.64 bits per heavy atom. The number of amides is 2. The number of nitrogens with zero attached hydrogens (tertiary/aromatic N) is 3. The van der Waals surface area contributed by atoms with Gasteiger partial charge in [-0.15, -0.1) is 11.3 Å². The van der Waals surface area contributed by atoms with Crippen LogP contribution in [0.25, 0.3) is 0 Å². The van der Waals surface area contributed by atoms with Crippen molar-refractivity contribution in [3.8, 4) is 0 Å². The van der Waals surface area contributed by atoms with Crippen molar-refractivity contribution in [1.29, 1.82) is 0 Å². The first-order valence-corrected chi connectivity index (χ1v) is 8.58. The first kappa shape index (κ1) is 17.0. The van der Waals surface area contributed by atoms with Crippen LogP contribution in [-0.4, -0.2) is 28.8 Å². The number of nitro groups is 1. The van der Waals surface area contributed by atoms with Crippen LogP contribution in [0.1, 0.15) is 18.5 Å². The van der Waals surface area contributed by atoms with E-state index in [4.69, 9.17) is 0 Å². The molecule has 1 aromatic carbocycles. The molecule has 0 radical (unpaired) electrons. The average Bonchev–Trinajstić information content (AvgIpc) is 3.36. The fourth-order valence-corrected chi connectivity index (χ4v) is 2.93. The summed E-state index contributed by atoms with van der Waals surface area (Å²) >= 11 is 1.29. The molecule has 9 heteroatoms. The number of benzene rings is 1. The lowest BCUT2D eigenvalue weighted by molar-refractivity contribution is -0.384. The average molecular weight is 360 g/mol. The van der Waals surface area contributed by atoms with Crippen LogP contribution in [0.5, 0.6) is 0 Å². The lowest BCUT2D eigenvalue weighted by Crippen LogP contribution is -2.27. The molecule has 1 aliphatic carbocycles. The van der Waals surface area contributed by atoms with Gasteiger partial charge in [0.2, 0.25) is 11.8 Å². The summed E-state index contributed by atoms with van der Waals surface area (Å²) in [5, 5.41) is 15.7. The molecule has 3 rings (SSSR count). The highest BCUT2D eigenvalue weighted by Gasteiger charge is 2.30. The molecule has 1 aliphatic rings. The Balaban J connectivity index is 1.60. The molecule has 2 aromatic rings. The van der Waals surface area contributed by atoms with E-state index in [1.165, 1.54) is 40.5 Å². The fourth-order valence-electron chi connectivity index (χ4n) is 2.21. The summed E-state index contributed by atoms with van der Waals surface area (Å²) in [7, 11) is 1.60. The van der Waals surface area contributed by atoms with E-state index < -0.39 is 4.92 Å². The second-order valence-corrected chi connectivity index (χ2v) is 6.67. The summed E-state index contributed by atoms with van der Waals surface area (Å²) in [6.45, 7) is 0. The molecule has 0 saturated heterocycles. The van der Waals surface area contributed by atoms with E-state index in [-0.39, 0.29) is 29.8 Å². The maximum atomic E-state index is 12.4. The molecule has 0 atom stereocenters. The van der Waals surface area contributed by atoms with Gasteiger partial charge in [0.15, 0.2) is 5.13 Å². The summed E-state index contributed by atoms with van der Waals surface area (Å²) in [5.74, 6) is -0.114. The molecule has 1 fully saturated rings. The van der Waals surface area contributed by atoms with Crippen LogP contribution >= 0.6 is 11.3 Å². The first-order valence-electron chi connectivity index (χ1n) is 7.70. The fraction of sp³-hybridized carbons (Fsp3) is 0.312. The normalized spacial score (nSPS) is 13.3. The topological polar surface area (TPSA) is 105 Å². The number of rotatable bonds is 6. The largest absolute Gasteiger partial charge is 0.315 e. The number of thiazole rings is 1. The second-order valence-electron chi connectivity index (χ2n) is 5.81. The molecule has 130 valence electrons. The number of nitrogens with one attached hydrogen (secondary N) is 1. The zero-order valence-electron chi connectivity index (χ0n) is 13.5. The Hall–Kier alpha value is -2.81. The third-order valence-electron chi connectivity index (χ3n) is 3.88. The standard InChI is InChI=1S/C16H16N4O4S/c1-19(12-4-6-13(7-5-12)20(23)24)14(21)8-11-9-25-16(17-11)18-15(22)10-2-3-10/h4-7,9-10H,2-3,8H2,1H3,(H,17,18,22). The van der Waals surface area contributed by atoms with Gasteiger partial charge in [0.05, 0.1) is 17.0 Å². The smallest absolute Gasteiger partial charge is 0.269 e. The number of nitro benzene ring substituents is 1. The SMILES string of the molecule is CN(C(=O)Cc1csc(NC(=O)C2CC2)n1)c1ccc([N+](=O)[O-])cc1. The monoisotopic (exact) mass is 360 g/mol. The molecule has 1 N–H and O–H groups in total. The lowest BCUT2D eigenvalue weighted by Gasteiger charge is -2.16. The summed E-state index contributed by atoms with van der Waals surface area (Å²) < 4.78 is 0. The van der Waals surface area contributed by atoms with Crippen molar-refractivity contribution >= 4 is 39.7 Å². The van der Waals surface area contributed by atoms with Crippen LogP contribution < -0.4 is 10.2 Å². The minimum Gasteiger partial charge on any atom is -0.315 e. The van der Waals surface area contributed by atoms with Gasteiger partial charge in [0.1, 0.15) is 0 Å². The van der Waals surface area contributed by atoms with Gasteiger partial charge in [-0.2, -0.15) is 0 Å². The predicted octanol–water partition coefficient (Wildman–Crippen LogP) is 2.61. The molecule has 1 aromatic heterocycles. The zero-order valence-corrected chi connectivity index (χ0v) is 14.3. The van der Waals surface area contributed by atoms with E-state index in [0.29, 0.717) is 16.5 Å². The van der Waals surface area contributed by atoms with E-state index in [9.17, 15) is 19.7 Å². The first-order chi connectivity index (χ1) is 11.9. The van der Waals surface area contributed by atoms with E-state index in [2.05, 4.69) is 10.3 Å². The van der Waals surface area contributed by atoms with Crippen LogP contribution in [0.15, 0.2) is 29.6 Å². The molecule has 0 bridgehead atoms. The van der Waals surface area contributed by atoms with Crippen molar-refractivity contribution in [2.24, 2.45) is 5.92 Å². The number of hydrogen-bond acceptors (Lipinski definition) is 6. The van der Waals surface area contributed by atoms with Crippen molar-refractivity contribution in [2.75, 3.05) is 17.3 Å². The summed E-state index contributed by atoms with van der Waals surface area (Å²) in [5.41, 5.74) is 1.11. The number of hydrogen-bond donors (Lipinski definition) is 1. The number of aromatic nitrogens is 1. The predicted molar refractivity (Wildman–Crippen MR) is 93.7 cm³/mol. The summed E-state index contributed by atoms with van der Waals surface area (Å²) in [4.78, 5) is 39.9. The van der Waals surface area contributed by atoms with Crippen LogP contribution in [0.2, 0.25) is 0 Å². The Labute approximate surface area is 147 Å². The minimum absolute atomic E-state index is 0.0183. The van der Waals surface area contributed by atoms with Gasteiger partial charge in [-0.1, -0.05) is 0 Å². The molecule has 0 aliphatic heterocycles. The number of carbonyl (C=O) groups is 2. The van der Waals surface area contributed by atoms with Gasteiger partial charge in [-0.3, -0.25) is 19.7 Å². The minimum atomic E-state index is -0.488. The molecule has 8 nitrogen and oxygen atoms in total. The molecule has 0 unspecified atom stereocenters. The molecule has 25 heavy (non-hydrogen) atoms. The third-order valence-corrected chi connectivity index (χ3v) is 4.69. The highest BCUT2D eigenvalue weighted by atomic mass is 32.1. The number of non-ortho nitro benzene ring substituents is 1. The van der Waals surface area contributed by atoms with Gasteiger partial charge < -0.3 is 10.2 Å². The van der Waals surface area contributed by atoms with Crippen molar-refractivity contribution in [2.45, 2.75) is 19.3 Å². The van der Waals surface area contributed by atoms with E-state index in [0.717, 1.165) is 12.8 Å². The highest BCUT2D eigenvalue weighted by molar-refractivity contribution is 7.13. The van der Waals surface area contributed by atoms with Crippen LogP contribution in [0.3, 0.4) is 0 Å².